The highest BCUT2D eigenvalue weighted by molar-refractivity contribution is 6.30. The van der Waals surface area contributed by atoms with E-state index in [0.717, 1.165) is 30.0 Å². The van der Waals surface area contributed by atoms with E-state index < -0.39 is 0 Å². The predicted octanol–water partition coefficient (Wildman–Crippen LogP) is 5.10. The summed E-state index contributed by atoms with van der Waals surface area (Å²) in [6.45, 7) is 2.16. The molecule has 3 nitrogen and oxygen atoms in total. The zero-order valence-corrected chi connectivity index (χ0v) is 16.5. The van der Waals surface area contributed by atoms with Gasteiger partial charge in [0.25, 0.3) is 0 Å². The van der Waals surface area contributed by atoms with E-state index in [1.54, 1.807) is 0 Å². The number of nitrogens with zero attached hydrogens (tertiary/aromatic N) is 2. The van der Waals surface area contributed by atoms with Crippen LogP contribution in [0.25, 0.3) is 10.8 Å². The molecule has 0 heterocycles. The summed E-state index contributed by atoms with van der Waals surface area (Å²) in [6.07, 6.45) is 3.12. The van der Waals surface area contributed by atoms with Crippen LogP contribution in [0.3, 0.4) is 0 Å². The summed E-state index contributed by atoms with van der Waals surface area (Å²) in [5, 5.41) is 3.32. The van der Waals surface area contributed by atoms with Crippen molar-refractivity contribution in [3.05, 3.63) is 76.3 Å². The molecule has 4 heteroatoms. The molecular weight excluding hydrogens is 354 g/mol. The smallest absolute Gasteiger partial charge is 0.196 e. The van der Waals surface area contributed by atoms with Crippen LogP contribution in [0.1, 0.15) is 23.6 Å². The van der Waals surface area contributed by atoms with E-state index in [-0.39, 0.29) is 6.04 Å². The molecule has 0 aromatic heterocycles. The topological polar surface area (TPSA) is 41.6 Å². The van der Waals surface area contributed by atoms with Crippen LogP contribution in [-0.4, -0.2) is 23.9 Å². The molecule has 0 aliphatic heterocycles. The lowest BCUT2D eigenvalue weighted by Gasteiger charge is -2.26. The van der Waals surface area contributed by atoms with Gasteiger partial charge in [-0.15, -0.1) is 0 Å². The lowest BCUT2D eigenvalue weighted by atomic mass is 10.0. The molecule has 0 radical (unpaired) electrons. The van der Waals surface area contributed by atoms with Gasteiger partial charge in [-0.1, -0.05) is 48.0 Å². The maximum absolute atomic E-state index is 6.37. The second kappa shape index (κ2) is 7.24. The number of halogens is 1. The fourth-order valence-electron chi connectivity index (χ4n) is 3.86. The Morgan fingerprint density at radius 1 is 1.07 bits per heavy atom. The first-order valence-corrected chi connectivity index (χ1v) is 9.75. The van der Waals surface area contributed by atoms with Crippen molar-refractivity contribution in [3.8, 4) is 0 Å². The first kappa shape index (κ1) is 17.9. The summed E-state index contributed by atoms with van der Waals surface area (Å²) >= 11 is 5.98. The molecule has 3 aromatic rings. The molecule has 1 unspecified atom stereocenters. The molecule has 2 N–H and O–H groups in total. The molecule has 0 spiro atoms. The Morgan fingerprint density at radius 3 is 2.52 bits per heavy atom. The summed E-state index contributed by atoms with van der Waals surface area (Å²) < 4.78 is 0. The molecule has 3 aromatic carbocycles. The van der Waals surface area contributed by atoms with Crippen LogP contribution < -0.4 is 5.73 Å². The van der Waals surface area contributed by atoms with E-state index >= 15 is 0 Å². The first-order valence-electron chi connectivity index (χ1n) is 9.38. The summed E-state index contributed by atoms with van der Waals surface area (Å²) in [5.41, 5.74) is 11.4. The number of rotatable bonds is 4. The van der Waals surface area contributed by atoms with E-state index in [0.29, 0.717) is 5.96 Å². The molecule has 0 saturated carbocycles. The fourth-order valence-corrected chi connectivity index (χ4v) is 3.98. The fraction of sp³-hybridized carbons (Fsp3) is 0.261. The summed E-state index contributed by atoms with van der Waals surface area (Å²) in [4.78, 5) is 6.81. The highest BCUT2D eigenvalue weighted by Gasteiger charge is 2.17. The maximum atomic E-state index is 6.37. The molecule has 1 aliphatic carbocycles. The molecule has 0 fully saturated rings. The van der Waals surface area contributed by atoms with Gasteiger partial charge >= 0.3 is 0 Å². The zero-order valence-electron chi connectivity index (χ0n) is 15.7. The molecule has 0 bridgehead atoms. The molecule has 27 heavy (non-hydrogen) atoms. The zero-order chi connectivity index (χ0) is 19.0. The highest BCUT2D eigenvalue weighted by atomic mass is 35.5. The van der Waals surface area contributed by atoms with Crippen LogP contribution in [0.5, 0.6) is 0 Å². The summed E-state index contributed by atoms with van der Waals surface area (Å²) in [6, 6.07) is 19.0. The third-order valence-electron chi connectivity index (χ3n) is 5.56. The normalized spacial score (nSPS) is 14.6. The van der Waals surface area contributed by atoms with Crippen LogP contribution >= 0.6 is 11.6 Å². The van der Waals surface area contributed by atoms with Crippen LogP contribution in [0, 0.1) is 0 Å². The van der Waals surface area contributed by atoms with Crippen molar-refractivity contribution in [2.24, 2.45) is 10.7 Å². The van der Waals surface area contributed by atoms with Gasteiger partial charge in [0.05, 0.1) is 5.69 Å². The number of hydrogen-bond acceptors (Lipinski definition) is 1. The number of aryl methyl sites for hydroxylation is 2. The average Bonchev–Trinajstić information content (AvgIpc) is 3.10. The Morgan fingerprint density at radius 2 is 1.78 bits per heavy atom. The highest BCUT2D eigenvalue weighted by Crippen LogP contribution is 2.36. The average molecular weight is 378 g/mol. The standard InChI is InChI=1S/C23H24ClN3/c1-15(14-16-6-11-19(24)12-7-16)27(2)23(25)26-21-13-10-18-9-8-17-4-3-5-20(21)22(17)18/h3-7,10-13,15H,8-9,14H2,1-2H3,(H2,25,26). The summed E-state index contributed by atoms with van der Waals surface area (Å²) in [5.74, 6) is 0.537. The Balaban J connectivity index is 1.59. The van der Waals surface area contributed by atoms with E-state index in [1.807, 2.05) is 24.1 Å². The number of likely N-dealkylation sites (N-methyl/N-ethyl adjacent to an activating group) is 1. The number of nitrogens with two attached hydrogens (primary N) is 1. The van der Waals surface area contributed by atoms with E-state index in [4.69, 9.17) is 22.3 Å². The van der Waals surface area contributed by atoms with Crippen molar-refractivity contribution in [2.45, 2.75) is 32.2 Å². The summed E-state index contributed by atoms with van der Waals surface area (Å²) in [7, 11) is 2.00. The predicted molar refractivity (Wildman–Crippen MR) is 115 cm³/mol. The second-order valence-electron chi connectivity index (χ2n) is 7.34. The van der Waals surface area contributed by atoms with Gasteiger partial charge in [0.2, 0.25) is 0 Å². The van der Waals surface area contributed by atoms with Gasteiger partial charge in [-0.3, -0.25) is 0 Å². The number of hydrogen-bond donors (Lipinski definition) is 1. The lowest BCUT2D eigenvalue weighted by Crippen LogP contribution is -2.41. The minimum atomic E-state index is 0.228. The molecule has 4 rings (SSSR count). The number of aliphatic imine (C=N–C) groups is 1. The lowest BCUT2D eigenvalue weighted by molar-refractivity contribution is 0.384. The Bertz CT molecular complexity index is 998. The molecule has 0 saturated heterocycles. The maximum Gasteiger partial charge on any atom is 0.196 e. The van der Waals surface area contributed by atoms with Crippen LogP contribution in [-0.2, 0) is 19.3 Å². The monoisotopic (exact) mass is 377 g/mol. The third-order valence-corrected chi connectivity index (χ3v) is 5.81. The third kappa shape index (κ3) is 3.52. The Kier molecular flexibility index (Phi) is 4.79. The van der Waals surface area contributed by atoms with Gasteiger partial charge in [0.1, 0.15) is 0 Å². The molecular formula is C23H24ClN3. The Hall–Kier alpha value is -2.52. The molecule has 1 atom stereocenters. The van der Waals surface area contributed by atoms with Crippen molar-refractivity contribution in [3.63, 3.8) is 0 Å². The van der Waals surface area contributed by atoms with Crippen LogP contribution in [0.15, 0.2) is 59.6 Å². The number of benzene rings is 3. The quantitative estimate of drug-likeness (QED) is 0.507. The number of guanidine groups is 1. The molecule has 138 valence electrons. The van der Waals surface area contributed by atoms with E-state index in [9.17, 15) is 0 Å². The second-order valence-corrected chi connectivity index (χ2v) is 7.78. The molecule has 1 aliphatic rings. The van der Waals surface area contributed by atoms with Crippen molar-refractivity contribution >= 4 is 34.0 Å². The SMILES string of the molecule is CC(Cc1ccc(Cl)cc1)N(C)C(N)=Nc1ccc2c3c(cccc13)CC2. The largest absolute Gasteiger partial charge is 0.369 e. The van der Waals surface area contributed by atoms with Crippen molar-refractivity contribution in [1.82, 2.24) is 4.90 Å². The van der Waals surface area contributed by atoms with Crippen LogP contribution in [0.4, 0.5) is 5.69 Å². The minimum Gasteiger partial charge on any atom is -0.369 e. The minimum absolute atomic E-state index is 0.228. The van der Waals surface area contributed by atoms with Gasteiger partial charge in [-0.25, -0.2) is 4.99 Å². The Labute approximate surface area is 165 Å². The van der Waals surface area contributed by atoms with Gasteiger partial charge in [-0.2, -0.15) is 0 Å². The van der Waals surface area contributed by atoms with Crippen molar-refractivity contribution in [1.29, 1.82) is 0 Å². The van der Waals surface area contributed by atoms with Gasteiger partial charge in [0, 0.05) is 23.5 Å². The van der Waals surface area contributed by atoms with E-state index in [2.05, 4.69) is 49.4 Å². The van der Waals surface area contributed by atoms with Gasteiger partial charge < -0.3 is 10.6 Å². The van der Waals surface area contributed by atoms with Crippen LogP contribution in [0.2, 0.25) is 5.02 Å². The van der Waals surface area contributed by atoms with Crippen molar-refractivity contribution in [2.75, 3.05) is 7.05 Å². The van der Waals surface area contributed by atoms with Gasteiger partial charge in [0.15, 0.2) is 5.96 Å². The first-order chi connectivity index (χ1) is 13.0. The van der Waals surface area contributed by atoms with Gasteiger partial charge in [-0.05, 0) is 66.5 Å². The van der Waals surface area contributed by atoms with E-state index in [1.165, 1.54) is 27.5 Å². The molecule has 0 amide bonds. The van der Waals surface area contributed by atoms with Crippen molar-refractivity contribution < 1.29 is 0 Å².